The van der Waals surface area contributed by atoms with Gasteiger partial charge in [0.1, 0.15) is 0 Å². The minimum atomic E-state index is 0.134. The van der Waals surface area contributed by atoms with E-state index in [9.17, 15) is 4.79 Å². The second-order valence-corrected chi connectivity index (χ2v) is 6.59. The SMILES string of the molecule is CC(C)(C)c1ccc(C(=O)CCCc2ccccc2)cc1. The molecule has 1 nitrogen and oxygen atoms in total. The summed E-state index contributed by atoms with van der Waals surface area (Å²) in [6.45, 7) is 6.55. The van der Waals surface area contributed by atoms with Gasteiger partial charge >= 0.3 is 0 Å². The fraction of sp³-hybridized carbons (Fsp3) is 0.350. The smallest absolute Gasteiger partial charge is 0.162 e. The number of carbonyl (C=O) groups excluding carboxylic acids is 1. The number of aryl methyl sites for hydroxylation is 1. The maximum absolute atomic E-state index is 12.2. The van der Waals surface area contributed by atoms with E-state index in [1.54, 1.807) is 0 Å². The van der Waals surface area contributed by atoms with E-state index in [-0.39, 0.29) is 11.2 Å². The predicted molar refractivity (Wildman–Crippen MR) is 88.9 cm³/mol. The highest BCUT2D eigenvalue weighted by molar-refractivity contribution is 5.96. The molecule has 0 aliphatic carbocycles. The molecule has 0 aliphatic rings. The van der Waals surface area contributed by atoms with Crippen molar-refractivity contribution in [3.63, 3.8) is 0 Å². The first-order chi connectivity index (χ1) is 9.97. The number of Topliss-reactive ketones (excluding diaryl/α,β-unsaturated/α-hetero) is 1. The number of carbonyl (C=O) groups is 1. The predicted octanol–water partition coefficient (Wildman–Crippen LogP) is 5.19. The van der Waals surface area contributed by atoms with Gasteiger partial charge in [0.15, 0.2) is 5.78 Å². The Kier molecular flexibility index (Phi) is 4.95. The normalized spacial score (nSPS) is 11.4. The van der Waals surface area contributed by atoms with Crippen LogP contribution in [0.25, 0.3) is 0 Å². The monoisotopic (exact) mass is 280 g/mol. The number of benzene rings is 2. The zero-order chi connectivity index (χ0) is 15.3. The molecule has 0 fully saturated rings. The standard InChI is InChI=1S/C20H24O/c1-20(2,3)18-14-12-17(13-15-18)19(21)11-7-10-16-8-5-4-6-9-16/h4-6,8-9,12-15H,7,10-11H2,1-3H3. The molecular weight excluding hydrogens is 256 g/mol. The molecule has 21 heavy (non-hydrogen) atoms. The van der Waals surface area contributed by atoms with Crippen molar-refractivity contribution in [3.05, 3.63) is 71.3 Å². The molecule has 2 aromatic rings. The quantitative estimate of drug-likeness (QED) is 0.689. The molecule has 0 atom stereocenters. The Morgan fingerprint density at radius 2 is 1.52 bits per heavy atom. The van der Waals surface area contributed by atoms with Crippen molar-refractivity contribution in [2.75, 3.05) is 0 Å². The zero-order valence-corrected chi connectivity index (χ0v) is 13.2. The Balaban J connectivity index is 1.89. The van der Waals surface area contributed by atoms with Crippen molar-refractivity contribution in [1.82, 2.24) is 0 Å². The summed E-state index contributed by atoms with van der Waals surface area (Å²) in [5.41, 5.74) is 3.53. The van der Waals surface area contributed by atoms with E-state index in [0.717, 1.165) is 18.4 Å². The van der Waals surface area contributed by atoms with Gasteiger partial charge < -0.3 is 0 Å². The Labute approximate surface area is 128 Å². The zero-order valence-electron chi connectivity index (χ0n) is 13.2. The summed E-state index contributed by atoms with van der Waals surface area (Å²) >= 11 is 0. The summed E-state index contributed by atoms with van der Waals surface area (Å²) in [5.74, 6) is 0.242. The molecule has 0 aliphatic heterocycles. The summed E-state index contributed by atoms with van der Waals surface area (Å²) in [6, 6.07) is 18.4. The van der Waals surface area contributed by atoms with E-state index in [4.69, 9.17) is 0 Å². The summed E-state index contributed by atoms with van der Waals surface area (Å²) in [7, 11) is 0. The highest BCUT2D eigenvalue weighted by Crippen LogP contribution is 2.22. The third kappa shape index (κ3) is 4.56. The lowest BCUT2D eigenvalue weighted by molar-refractivity contribution is 0.0980. The van der Waals surface area contributed by atoms with E-state index in [1.165, 1.54) is 11.1 Å². The fourth-order valence-electron chi connectivity index (χ4n) is 2.40. The van der Waals surface area contributed by atoms with Gasteiger partial charge in [0.2, 0.25) is 0 Å². The summed E-state index contributed by atoms with van der Waals surface area (Å²) in [5, 5.41) is 0. The van der Waals surface area contributed by atoms with Crippen LogP contribution in [0.15, 0.2) is 54.6 Å². The molecule has 0 saturated heterocycles. The second-order valence-electron chi connectivity index (χ2n) is 6.59. The van der Waals surface area contributed by atoms with Gasteiger partial charge in [0.25, 0.3) is 0 Å². The summed E-state index contributed by atoms with van der Waals surface area (Å²) in [6.07, 6.45) is 2.49. The summed E-state index contributed by atoms with van der Waals surface area (Å²) in [4.78, 5) is 12.2. The van der Waals surface area contributed by atoms with E-state index >= 15 is 0 Å². The highest BCUT2D eigenvalue weighted by Gasteiger charge is 2.14. The third-order valence-electron chi connectivity index (χ3n) is 3.79. The number of hydrogen-bond acceptors (Lipinski definition) is 1. The minimum absolute atomic E-state index is 0.134. The molecule has 0 amide bonds. The van der Waals surface area contributed by atoms with Gasteiger partial charge in [-0.15, -0.1) is 0 Å². The van der Waals surface area contributed by atoms with Crippen molar-refractivity contribution in [3.8, 4) is 0 Å². The average Bonchev–Trinajstić information content (AvgIpc) is 2.47. The van der Waals surface area contributed by atoms with Gasteiger partial charge in [-0.05, 0) is 29.4 Å². The number of ketones is 1. The number of rotatable bonds is 5. The molecule has 0 aromatic heterocycles. The lowest BCUT2D eigenvalue weighted by Gasteiger charge is -2.19. The van der Waals surface area contributed by atoms with Crippen LogP contribution in [0, 0.1) is 0 Å². The van der Waals surface area contributed by atoms with Crippen LogP contribution >= 0.6 is 0 Å². The van der Waals surface area contributed by atoms with Gasteiger partial charge in [-0.25, -0.2) is 0 Å². The second kappa shape index (κ2) is 6.71. The van der Waals surface area contributed by atoms with Crippen LogP contribution < -0.4 is 0 Å². The Hall–Kier alpha value is -1.89. The van der Waals surface area contributed by atoms with Crippen LogP contribution in [0.2, 0.25) is 0 Å². The topological polar surface area (TPSA) is 17.1 Å². The van der Waals surface area contributed by atoms with Gasteiger partial charge in [-0.1, -0.05) is 75.4 Å². The molecule has 2 rings (SSSR count). The van der Waals surface area contributed by atoms with Crippen molar-refractivity contribution >= 4 is 5.78 Å². The van der Waals surface area contributed by atoms with Crippen LogP contribution in [0.1, 0.15) is 55.1 Å². The molecule has 0 heterocycles. The Bertz CT molecular complexity index is 573. The lowest BCUT2D eigenvalue weighted by atomic mass is 9.86. The Morgan fingerprint density at radius 1 is 0.905 bits per heavy atom. The van der Waals surface area contributed by atoms with Crippen molar-refractivity contribution < 1.29 is 4.79 Å². The molecule has 0 bridgehead atoms. The van der Waals surface area contributed by atoms with Crippen LogP contribution in [0.5, 0.6) is 0 Å². The lowest BCUT2D eigenvalue weighted by Crippen LogP contribution is -2.11. The maximum Gasteiger partial charge on any atom is 0.162 e. The average molecular weight is 280 g/mol. The summed E-state index contributed by atoms with van der Waals surface area (Å²) < 4.78 is 0. The van der Waals surface area contributed by atoms with Gasteiger partial charge in [0, 0.05) is 12.0 Å². The fourth-order valence-corrected chi connectivity index (χ4v) is 2.40. The van der Waals surface area contributed by atoms with E-state index in [0.29, 0.717) is 6.42 Å². The first-order valence-corrected chi connectivity index (χ1v) is 7.64. The largest absolute Gasteiger partial charge is 0.294 e. The van der Waals surface area contributed by atoms with Crippen LogP contribution in [0.4, 0.5) is 0 Å². The maximum atomic E-state index is 12.2. The van der Waals surface area contributed by atoms with Crippen LogP contribution in [-0.4, -0.2) is 5.78 Å². The molecule has 0 spiro atoms. The molecular formula is C20H24O. The van der Waals surface area contributed by atoms with Crippen molar-refractivity contribution in [2.45, 2.75) is 45.4 Å². The first-order valence-electron chi connectivity index (χ1n) is 7.64. The van der Waals surface area contributed by atoms with Crippen LogP contribution in [-0.2, 0) is 11.8 Å². The van der Waals surface area contributed by atoms with Crippen LogP contribution in [0.3, 0.4) is 0 Å². The highest BCUT2D eigenvalue weighted by atomic mass is 16.1. The molecule has 1 heteroatoms. The van der Waals surface area contributed by atoms with E-state index < -0.39 is 0 Å². The molecule has 0 radical (unpaired) electrons. The van der Waals surface area contributed by atoms with Crippen molar-refractivity contribution in [1.29, 1.82) is 0 Å². The number of hydrogen-bond donors (Lipinski definition) is 0. The Morgan fingerprint density at radius 3 is 2.10 bits per heavy atom. The first kappa shape index (κ1) is 15.5. The van der Waals surface area contributed by atoms with E-state index in [1.807, 2.05) is 30.3 Å². The molecule has 110 valence electrons. The third-order valence-corrected chi connectivity index (χ3v) is 3.79. The molecule has 0 N–H and O–H groups in total. The van der Waals surface area contributed by atoms with E-state index in [2.05, 4.69) is 45.0 Å². The van der Waals surface area contributed by atoms with Gasteiger partial charge in [0.05, 0.1) is 0 Å². The molecule has 0 unspecified atom stereocenters. The molecule has 2 aromatic carbocycles. The molecule has 0 saturated carbocycles. The minimum Gasteiger partial charge on any atom is -0.294 e. The van der Waals surface area contributed by atoms with Crippen molar-refractivity contribution in [2.24, 2.45) is 0 Å². The van der Waals surface area contributed by atoms with Gasteiger partial charge in [-0.3, -0.25) is 4.79 Å². The van der Waals surface area contributed by atoms with Gasteiger partial charge in [-0.2, -0.15) is 0 Å².